The van der Waals surface area contributed by atoms with E-state index in [2.05, 4.69) is 20.6 Å². The molecule has 1 unspecified atom stereocenters. The van der Waals surface area contributed by atoms with E-state index in [9.17, 15) is 29.4 Å². The largest absolute Gasteiger partial charge is 0.552 e. The Kier molecular flexibility index (Phi) is 9.09. The minimum atomic E-state index is -1.99. The minimum Gasteiger partial charge on any atom is -0.506 e. The third-order valence-corrected chi connectivity index (χ3v) is 5.37. The van der Waals surface area contributed by atoms with Crippen molar-refractivity contribution in [3.8, 4) is 0 Å². The number of carbonyl (C=O) groups is 4. The molecule has 2 amide bonds. The number of hydrogen-bond acceptors (Lipinski definition) is 9. The predicted octanol–water partition coefficient (Wildman–Crippen LogP) is -0.236. The molecule has 3 rings (SSSR count). The molecule has 1 aliphatic heterocycles. The number of nitrogens with one attached hydrogen (secondary N) is 2. The number of carboxylic acids is 1. The average molecular weight is 498 g/mol. The lowest BCUT2D eigenvalue weighted by Crippen LogP contribution is -2.62. The summed E-state index contributed by atoms with van der Waals surface area (Å²) in [5.74, 6) is -4.92. The van der Waals surface area contributed by atoms with Gasteiger partial charge in [-0.15, -0.1) is 0 Å². The average Bonchev–Trinajstić information content (AvgIpc) is 2.85. The van der Waals surface area contributed by atoms with Crippen molar-refractivity contribution in [2.75, 3.05) is 0 Å². The molecule has 2 heterocycles. The molecule has 0 bridgehead atoms. The topological polar surface area (TPSA) is 177 Å². The summed E-state index contributed by atoms with van der Waals surface area (Å²) in [5.41, 5.74) is 0.789. The van der Waals surface area contributed by atoms with Crippen LogP contribution in [-0.2, 0) is 30.1 Å². The number of carbonyl (C=O) groups excluding carboxylic acids is 3. The van der Waals surface area contributed by atoms with E-state index < -0.39 is 55.1 Å². The molecule has 4 N–H and O–H groups in total. The van der Waals surface area contributed by atoms with Crippen LogP contribution in [0.4, 0.5) is 0 Å². The maximum atomic E-state index is 13.4. The van der Waals surface area contributed by atoms with Gasteiger partial charge in [0, 0.05) is 18.8 Å². The van der Waals surface area contributed by atoms with Crippen LogP contribution in [0, 0.1) is 5.92 Å². The summed E-state index contributed by atoms with van der Waals surface area (Å²) >= 11 is 0. The molecular weight excluding hydrogens is 471 g/mol. The lowest BCUT2D eigenvalue weighted by atomic mass is 9.72. The number of aliphatic carboxylic acids is 1. The second kappa shape index (κ2) is 12.2. The van der Waals surface area contributed by atoms with E-state index in [4.69, 9.17) is 9.31 Å². The van der Waals surface area contributed by atoms with Gasteiger partial charge in [0.25, 0.3) is 5.91 Å². The molecule has 1 aromatic heterocycles. The minimum absolute atomic E-state index is 0.0184. The van der Waals surface area contributed by atoms with E-state index in [1.165, 1.54) is 18.6 Å². The van der Waals surface area contributed by atoms with Gasteiger partial charge < -0.3 is 30.2 Å². The second-order valence-electron chi connectivity index (χ2n) is 8.70. The summed E-state index contributed by atoms with van der Waals surface area (Å²) in [4.78, 5) is 57.5. The van der Waals surface area contributed by atoms with Gasteiger partial charge in [-0.25, -0.2) is 9.78 Å². The zero-order valence-corrected chi connectivity index (χ0v) is 19.7. The van der Waals surface area contributed by atoms with E-state index in [1.807, 2.05) is 19.9 Å². The Bertz CT molecular complexity index is 1070. The molecule has 0 saturated carbocycles. The number of aliphatic hydroxyl groups excluding tert-OH is 1. The monoisotopic (exact) mass is 498 g/mol. The summed E-state index contributed by atoms with van der Waals surface area (Å²) in [5, 5.41) is 24.5. The third kappa shape index (κ3) is 7.09. The number of hydrogen-bond donors (Lipinski definition) is 4. The predicted molar refractivity (Wildman–Crippen MR) is 125 cm³/mol. The van der Waals surface area contributed by atoms with Gasteiger partial charge in [-0.1, -0.05) is 44.2 Å². The molecule has 1 saturated heterocycles. The van der Waals surface area contributed by atoms with Crippen molar-refractivity contribution in [3.63, 3.8) is 0 Å². The highest BCUT2D eigenvalue weighted by Gasteiger charge is 2.49. The van der Waals surface area contributed by atoms with Gasteiger partial charge in [-0.05, 0) is 17.9 Å². The smallest absolute Gasteiger partial charge is 0.506 e. The van der Waals surface area contributed by atoms with Crippen molar-refractivity contribution in [1.82, 2.24) is 20.6 Å². The molecule has 13 heteroatoms. The number of nitrogens with zero attached hydrogens (tertiary/aromatic N) is 2. The lowest BCUT2D eigenvalue weighted by Gasteiger charge is -2.33. The first-order chi connectivity index (χ1) is 17.2. The number of carboxylic acid groups (broad SMARTS) is 1. The summed E-state index contributed by atoms with van der Waals surface area (Å²) < 4.78 is 10.4. The number of rotatable bonds is 10. The fraction of sp³-hybridized carbons (Fsp3) is 0.391. The Hall–Kier alpha value is -3.84. The maximum absolute atomic E-state index is 13.4. The normalized spacial score (nSPS) is 19.2. The van der Waals surface area contributed by atoms with Crippen LogP contribution in [0.2, 0.25) is 0 Å². The van der Waals surface area contributed by atoms with Crippen molar-refractivity contribution >= 4 is 30.9 Å². The standard InChI is InChI=1S/C23H27BN4O8/c1-13(2)10-17(24-35-19(22(32)33)18(29)23(34)36-24)28-20(30)15(11-14-6-4-3-5-7-14)27-21(31)16-12-25-8-9-26-16/h3-9,12-13,15,17-19,29H,10-11H2,1-2H3,(H,27,31)(H,28,30)(H,32,33)/t15?,17-,18+,19+/m0/s1. The van der Waals surface area contributed by atoms with Gasteiger partial charge in [0.2, 0.25) is 5.91 Å². The van der Waals surface area contributed by atoms with Gasteiger partial charge in [0.1, 0.15) is 11.7 Å². The highest BCUT2D eigenvalue weighted by atomic mass is 16.7. The van der Waals surface area contributed by atoms with Crippen molar-refractivity contribution in [1.29, 1.82) is 0 Å². The molecule has 0 aliphatic carbocycles. The van der Waals surface area contributed by atoms with E-state index in [0.717, 1.165) is 5.56 Å². The Morgan fingerprint density at radius 2 is 1.86 bits per heavy atom. The quantitative estimate of drug-likeness (QED) is 0.320. The van der Waals surface area contributed by atoms with Crippen LogP contribution in [-0.4, -0.2) is 75.2 Å². The molecular formula is C23H27BN4O8. The number of aromatic nitrogens is 2. The highest BCUT2D eigenvalue weighted by molar-refractivity contribution is 6.50. The fourth-order valence-corrected chi connectivity index (χ4v) is 3.66. The van der Waals surface area contributed by atoms with Crippen LogP contribution >= 0.6 is 0 Å². The molecule has 1 aromatic carbocycles. The molecule has 4 atom stereocenters. The molecule has 2 aromatic rings. The summed E-state index contributed by atoms with van der Waals surface area (Å²) in [6.45, 7) is 3.70. The zero-order valence-electron chi connectivity index (χ0n) is 19.7. The number of amides is 2. The van der Waals surface area contributed by atoms with Gasteiger partial charge in [-0.2, -0.15) is 0 Å². The Morgan fingerprint density at radius 1 is 1.14 bits per heavy atom. The van der Waals surface area contributed by atoms with E-state index in [1.54, 1.807) is 24.3 Å². The molecule has 190 valence electrons. The van der Waals surface area contributed by atoms with E-state index in [-0.39, 0.29) is 24.5 Å². The van der Waals surface area contributed by atoms with Crippen molar-refractivity contribution in [3.05, 3.63) is 60.2 Å². The Balaban J connectivity index is 1.82. The molecule has 0 radical (unpaired) electrons. The van der Waals surface area contributed by atoms with Crippen LogP contribution < -0.4 is 10.6 Å². The van der Waals surface area contributed by atoms with Gasteiger partial charge in [0.05, 0.1) is 12.1 Å². The molecule has 36 heavy (non-hydrogen) atoms. The first-order valence-electron chi connectivity index (χ1n) is 11.3. The number of benzene rings is 1. The first-order valence-corrected chi connectivity index (χ1v) is 11.3. The lowest BCUT2D eigenvalue weighted by molar-refractivity contribution is -0.172. The fourth-order valence-electron chi connectivity index (χ4n) is 3.66. The van der Waals surface area contributed by atoms with Crippen LogP contribution in [0.5, 0.6) is 0 Å². The summed E-state index contributed by atoms with van der Waals surface area (Å²) in [6, 6.07) is 7.94. The molecule has 0 spiro atoms. The summed E-state index contributed by atoms with van der Waals surface area (Å²) in [6.07, 6.45) is 0.569. The molecule has 1 aliphatic rings. The maximum Gasteiger partial charge on any atom is 0.552 e. The van der Waals surface area contributed by atoms with E-state index in [0.29, 0.717) is 0 Å². The van der Waals surface area contributed by atoms with Crippen LogP contribution in [0.25, 0.3) is 0 Å². The summed E-state index contributed by atoms with van der Waals surface area (Å²) in [7, 11) is -1.46. The third-order valence-electron chi connectivity index (χ3n) is 5.37. The SMILES string of the molecule is CC(C)C[C@H](NC(=O)C(Cc1ccccc1)NC(=O)c1cnccn1)B1OC(=O)[C@H](O)[C@H](C(=O)O)O1. The zero-order chi connectivity index (χ0) is 26.2. The first kappa shape index (κ1) is 26.8. The molecule has 12 nitrogen and oxygen atoms in total. The van der Waals surface area contributed by atoms with Gasteiger partial charge >= 0.3 is 19.1 Å². The van der Waals surface area contributed by atoms with Crippen LogP contribution in [0.3, 0.4) is 0 Å². The van der Waals surface area contributed by atoms with Gasteiger partial charge in [0.15, 0.2) is 12.2 Å². The second-order valence-corrected chi connectivity index (χ2v) is 8.70. The van der Waals surface area contributed by atoms with Crippen molar-refractivity contribution in [2.45, 2.75) is 50.9 Å². The van der Waals surface area contributed by atoms with E-state index >= 15 is 0 Å². The van der Waals surface area contributed by atoms with Crippen LogP contribution in [0.15, 0.2) is 48.9 Å². The Labute approximate surface area is 207 Å². The van der Waals surface area contributed by atoms with Crippen molar-refractivity contribution < 1.29 is 38.7 Å². The highest BCUT2D eigenvalue weighted by Crippen LogP contribution is 2.19. The van der Waals surface area contributed by atoms with Gasteiger partial charge in [-0.3, -0.25) is 19.4 Å². The Morgan fingerprint density at radius 3 is 2.47 bits per heavy atom. The number of aliphatic hydroxyl groups is 1. The van der Waals surface area contributed by atoms with Crippen molar-refractivity contribution in [2.24, 2.45) is 5.92 Å². The van der Waals surface area contributed by atoms with Crippen LogP contribution in [0.1, 0.15) is 36.3 Å². The molecule has 1 fully saturated rings.